The predicted molar refractivity (Wildman–Crippen MR) is 75.2 cm³/mol. The predicted octanol–water partition coefficient (Wildman–Crippen LogP) is 2.63. The lowest BCUT2D eigenvalue weighted by atomic mass is 9.91. The van der Waals surface area contributed by atoms with Crippen molar-refractivity contribution in [2.45, 2.75) is 31.2 Å². The lowest BCUT2D eigenvalue weighted by Gasteiger charge is -2.38. The van der Waals surface area contributed by atoms with Crippen LogP contribution in [0, 0.1) is 0 Å². The van der Waals surface area contributed by atoms with E-state index < -0.39 is 11.8 Å². The van der Waals surface area contributed by atoms with Gasteiger partial charge >= 0.3 is 6.18 Å². The molecule has 0 amide bonds. The van der Waals surface area contributed by atoms with E-state index in [1.165, 1.54) is 0 Å². The minimum Gasteiger partial charge on any atom is -0.419 e. The first-order valence-corrected chi connectivity index (χ1v) is 7.27. The van der Waals surface area contributed by atoms with Crippen LogP contribution >= 0.6 is 0 Å². The molecule has 1 aliphatic rings. The van der Waals surface area contributed by atoms with E-state index in [1.54, 1.807) is 4.90 Å². The van der Waals surface area contributed by atoms with Crippen molar-refractivity contribution in [3.63, 3.8) is 0 Å². The van der Waals surface area contributed by atoms with Gasteiger partial charge < -0.3 is 9.52 Å². The second kappa shape index (κ2) is 5.93. The average molecular weight is 327 g/mol. The van der Waals surface area contributed by atoms with E-state index >= 15 is 0 Å². The number of alkyl halides is 3. The maximum absolute atomic E-state index is 12.8. The maximum Gasteiger partial charge on any atom is 0.417 e. The molecule has 3 rings (SSSR count). The van der Waals surface area contributed by atoms with Gasteiger partial charge in [-0.3, -0.25) is 4.90 Å². The monoisotopic (exact) mass is 327 g/mol. The first kappa shape index (κ1) is 15.9. The number of piperidine rings is 1. The third kappa shape index (κ3) is 3.37. The molecule has 23 heavy (non-hydrogen) atoms. The van der Waals surface area contributed by atoms with Gasteiger partial charge in [0.2, 0.25) is 11.8 Å². The average Bonchev–Trinajstić information content (AvgIpc) is 2.98. The molecule has 8 heteroatoms. The second-order valence-electron chi connectivity index (χ2n) is 5.67. The summed E-state index contributed by atoms with van der Waals surface area (Å²) in [4.78, 5) is 1.77. The van der Waals surface area contributed by atoms with E-state index in [0.717, 1.165) is 5.56 Å². The highest BCUT2D eigenvalue weighted by molar-refractivity contribution is 5.51. The molecule has 0 unspecified atom stereocenters. The number of hydrogen-bond acceptors (Lipinski definition) is 5. The van der Waals surface area contributed by atoms with Crippen LogP contribution in [0.3, 0.4) is 0 Å². The molecule has 1 aliphatic heterocycles. The standard InChI is InChI=1S/C15H16F3N3O2/c16-15(17,18)14(22)6-8-21(9-7-14)10-12-19-20-13(23-12)11-4-2-1-3-5-11/h1-5,22H,6-10H2. The van der Waals surface area contributed by atoms with Gasteiger partial charge in [-0.05, 0) is 25.0 Å². The summed E-state index contributed by atoms with van der Waals surface area (Å²) in [7, 11) is 0. The van der Waals surface area contributed by atoms with E-state index in [4.69, 9.17) is 4.42 Å². The van der Waals surface area contributed by atoms with Crippen LogP contribution in [0.25, 0.3) is 11.5 Å². The van der Waals surface area contributed by atoms with Crippen LogP contribution < -0.4 is 0 Å². The van der Waals surface area contributed by atoms with E-state index in [9.17, 15) is 18.3 Å². The van der Waals surface area contributed by atoms with Crippen molar-refractivity contribution in [3.8, 4) is 11.5 Å². The molecule has 0 spiro atoms. The molecule has 0 radical (unpaired) electrons. The lowest BCUT2D eigenvalue weighted by molar-refractivity contribution is -0.273. The van der Waals surface area contributed by atoms with Crippen LogP contribution in [0.2, 0.25) is 0 Å². The van der Waals surface area contributed by atoms with Crippen molar-refractivity contribution in [3.05, 3.63) is 36.2 Å². The Morgan fingerprint density at radius 1 is 1.13 bits per heavy atom. The molecule has 2 aromatic rings. The molecule has 0 bridgehead atoms. The molecule has 0 atom stereocenters. The molecule has 0 aliphatic carbocycles. The highest BCUT2D eigenvalue weighted by Crippen LogP contribution is 2.38. The third-order valence-electron chi connectivity index (χ3n) is 4.06. The Morgan fingerprint density at radius 2 is 1.78 bits per heavy atom. The van der Waals surface area contributed by atoms with Crippen LogP contribution in [-0.4, -0.2) is 45.1 Å². The van der Waals surface area contributed by atoms with E-state index in [-0.39, 0.29) is 32.5 Å². The first-order chi connectivity index (χ1) is 10.9. The summed E-state index contributed by atoms with van der Waals surface area (Å²) in [6, 6.07) is 9.24. The second-order valence-corrected chi connectivity index (χ2v) is 5.67. The van der Waals surface area contributed by atoms with Gasteiger partial charge in [-0.25, -0.2) is 0 Å². The minimum atomic E-state index is -4.59. The Bertz CT molecular complexity index is 649. The molecular formula is C15H16F3N3O2. The fraction of sp³-hybridized carbons (Fsp3) is 0.467. The normalized spacial score (nSPS) is 19.0. The van der Waals surface area contributed by atoms with Crippen molar-refractivity contribution in [2.24, 2.45) is 0 Å². The Kier molecular flexibility index (Phi) is 4.11. The fourth-order valence-electron chi connectivity index (χ4n) is 2.57. The van der Waals surface area contributed by atoms with Gasteiger partial charge in [0.1, 0.15) is 0 Å². The van der Waals surface area contributed by atoms with Gasteiger partial charge in [-0.15, -0.1) is 10.2 Å². The highest BCUT2D eigenvalue weighted by atomic mass is 19.4. The van der Waals surface area contributed by atoms with E-state index in [0.29, 0.717) is 11.8 Å². The summed E-state index contributed by atoms with van der Waals surface area (Å²) in [5, 5.41) is 17.5. The molecule has 1 N–H and O–H groups in total. The zero-order chi connectivity index (χ0) is 16.5. The fourth-order valence-corrected chi connectivity index (χ4v) is 2.57. The number of halogens is 3. The topological polar surface area (TPSA) is 62.4 Å². The number of hydrogen-bond donors (Lipinski definition) is 1. The Morgan fingerprint density at radius 3 is 2.39 bits per heavy atom. The summed E-state index contributed by atoms with van der Waals surface area (Å²) < 4.78 is 43.8. The van der Waals surface area contributed by atoms with Crippen molar-refractivity contribution in [2.75, 3.05) is 13.1 Å². The quantitative estimate of drug-likeness (QED) is 0.939. The summed E-state index contributed by atoms with van der Waals surface area (Å²) in [5.74, 6) is 0.728. The van der Waals surface area contributed by atoms with Crippen LogP contribution in [-0.2, 0) is 6.54 Å². The number of rotatable bonds is 3. The number of aliphatic hydroxyl groups is 1. The molecule has 124 valence electrons. The molecule has 1 saturated heterocycles. The van der Waals surface area contributed by atoms with Crippen molar-refractivity contribution in [1.29, 1.82) is 0 Å². The summed E-state index contributed by atoms with van der Waals surface area (Å²) in [5.41, 5.74) is -1.80. The van der Waals surface area contributed by atoms with E-state index in [1.807, 2.05) is 30.3 Å². The zero-order valence-corrected chi connectivity index (χ0v) is 12.3. The highest BCUT2D eigenvalue weighted by Gasteiger charge is 2.54. The number of nitrogens with zero attached hydrogens (tertiary/aromatic N) is 3. The molecule has 1 aromatic carbocycles. The number of aromatic nitrogens is 2. The molecule has 1 fully saturated rings. The van der Waals surface area contributed by atoms with Crippen molar-refractivity contribution in [1.82, 2.24) is 15.1 Å². The van der Waals surface area contributed by atoms with Crippen molar-refractivity contribution < 1.29 is 22.7 Å². The van der Waals surface area contributed by atoms with Gasteiger partial charge in [0.25, 0.3) is 0 Å². The molecule has 5 nitrogen and oxygen atoms in total. The summed E-state index contributed by atoms with van der Waals surface area (Å²) in [6.07, 6.45) is -5.30. The van der Waals surface area contributed by atoms with Crippen LogP contribution in [0.4, 0.5) is 13.2 Å². The van der Waals surface area contributed by atoms with Crippen LogP contribution in [0.1, 0.15) is 18.7 Å². The van der Waals surface area contributed by atoms with Gasteiger partial charge in [-0.1, -0.05) is 18.2 Å². The summed E-state index contributed by atoms with van der Waals surface area (Å²) in [6.45, 7) is 0.520. The van der Waals surface area contributed by atoms with Crippen LogP contribution in [0.5, 0.6) is 0 Å². The summed E-state index contributed by atoms with van der Waals surface area (Å²) >= 11 is 0. The number of benzene rings is 1. The lowest BCUT2D eigenvalue weighted by Crippen LogP contribution is -2.53. The Labute approximate surface area is 130 Å². The van der Waals surface area contributed by atoms with E-state index in [2.05, 4.69) is 10.2 Å². The first-order valence-electron chi connectivity index (χ1n) is 7.27. The Balaban J connectivity index is 1.61. The van der Waals surface area contributed by atoms with Gasteiger partial charge in [0.15, 0.2) is 5.60 Å². The molecular weight excluding hydrogens is 311 g/mol. The zero-order valence-electron chi connectivity index (χ0n) is 12.3. The number of likely N-dealkylation sites (tertiary alicyclic amines) is 1. The van der Waals surface area contributed by atoms with Crippen LogP contribution in [0.15, 0.2) is 34.7 Å². The third-order valence-corrected chi connectivity index (χ3v) is 4.06. The smallest absolute Gasteiger partial charge is 0.417 e. The Hall–Kier alpha value is -1.93. The molecule has 0 saturated carbocycles. The van der Waals surface area contributed by atoms with Gasteiger partial charge in [-0.2, -0.15) is 13.2 Å². The molecule has 1 aromatic heterocycles. The SMILES string of the molecule is OC1(C(F)(F)F)CCN(Cc2nnc(-c3ccccc3)o2)CC1. The maximum atomic E-state index is 12.8. The van der Waals surface area contributed by atoms with Gasteiger partial charge in [0.05, 0.1) is 6.54 Å². The largest absolute Gasteiger partial charge is 0.419 e. The molecule has 2 heterocycles. The minimum absolute atomic E-state index is 0.124. The van der Waals surface area contributed by atoms with Gasteiger partial charge in [0, 0.05) is 18.7 Å². The van der Waals surface area contributed by atoms with Crippen molar-refractivity contribution >= 4 is 0 Å².